The fourth-order valence-electron chi connectivity index (χ4n) is 1.59. The molecule has 0 radical (unpaired) electrons. The van der Waals surface area contributed by atoms with Crippen LogP contribution in [0.3, 0.4) is 0 Å². The minimum absolute atomic E-state index is 0.0462. The van der Waals surface area contributed by atoms with Crippen LogP contribution < -0.4 is 5.32 Å². The minimum atomic E-state index is -0.910. The molecule has 0 fully saturated rings. The zero-order valence-electron chi connectivity index (χ0n) is 10.6. The van der Waals surface area contributed by atoms with Gasteiger partial charge in [-0.15, -0.1) is 0 Å². The molecular weight excluding hydrogens is 220 g/mol. The van der Waals surface area contributed by atoms with E-state index < -0.39 is 11.4 Å². The van der Waals surface area contributed by atoms with E-state index in [1.54, 1.807) is 13.8 Å². The standard InChI is InChI=1S/C12H20N2O3/c1-4-9(5-6-13)14-10(15)7-12(2,3)8-11(16)17/h9H,4-5,7-8H2,1-3H3,(H,14,15)(H,16,17). The van der Waals surface area contributed by atoms with Gasteiger partial charge in [0, 0.05) is 12.5 Å². The molecule has 0 bridgehead atoms. The van der Waals surface area contributed by atoms with E-state index in [1.807, 2.05) is 13.0 Å². The lowest BCUT2D eigenvalue weighted by atomic mass is 9.85. The van der Waals surface area contributed by atoms with Gasteiger partial charge in [-0.2, -0.15) is 5.26 Å². The Morgan fingerprint density at radius 3 is 2.41 bits per heavy atom. The Kier molecular flexibility index (Phi) is 6.26. The summed E-state index contributed by atoms with van der Waals surface area (Å²) >= 11 is 0. The second kappa shape index (κ2) is 6.89. The maximum atomic E-state index is 11.7. The smallest absolute Gasteiger partial charge is 0.303 e. The summed E-state index contributed by atoms with van der Waals surface area (Å²) in [4.78, 5) is 22.3. The van der Waals surface area contributed by atoms with Gasteiger partial charge < -0.3 is 10.4 Å². The van der Waals surface area contributed by atoms with Gasteiger partial charge in [-0.3, -0.25) is 9.59 Å². The highest BCUT2D eigenvalue weighted by molar-refractivity contribution is 5.78. The van der Waals surface area contributed by atoms with Crippen molar-refractivity contribution in [2.75, 3.05) is 0 Å². The van der Waals surface area contributed by atoms with Crippen LogP contribution in [-0.2, 0) is 9.59 Å². The van der Waals surface area contributed by atoms with Crippen molar-refractivity contribution in [2.45, 2.75) is 52.5 Å². The molecule has 5 nitrogen and oxygen atoms in total. The number of rotatable bonds is 7. The molecule has 5 heteroatoms. The van der Waals surface area contributed by atoms with Crippen molar-refractivity contribution in [3.8, 4) is 6.07 Å². The number of nitrogens with zero attached hydrogens (tertiary/aromatic N) is 1. The van der Waals surface area contributed by atoms with E-state index in [0.717, 1.165) is 0 Å². The predicted octanol–water partition coefficient (Wildman–Crippen LogP) is 1.69. The second-order valence-corrected chi connectivity index (χ2v) is 4.95. The van der Waals surface area contributed by atoms with Gasteiger partial charge in [-0.25, -0.2) is 0 Å². The molecule has 1 atom stereocenters. The van der Waals surface area contributed by atoms with Crippen LogP contribution in [0, 0.1) is 16.7 Å². The van der Waals surface area contributed by atoms with Crippen LogP contribution in [0.1, 0.15) is 46.5 Å². The molecule has 0 aliphatic rings. The number of carboxylic acid groups (broad SMARTS) is 1. The van der Waals surface area contributed by atoms with Gasteiger partial charge in [0.25, 0.3) is 0 Å². The molecule has 0 aliphatic carbocycles. The summed E-state index contributed by atoms with van der Waals surface area (Å²) in [6.07, 6.45) is 1.08. The SMILES string of the molecule is CCC(CC#N)NC(=O)CC(C)(C)CC(=O)O. The number of nitrogens with one attached hydrogen (secondary N) is 1. The van der Waals surface area contributed by atoms with Crippen LogP contribution in [0.2, 0.25) is 0 Å². The second-order valence-electron chi connectivity index (χ2n) is 4.95. The van der Waals surface area contributed by atoms with E-state index in [4.69, 9.17) is 10.4 Å². The largest absolute Gasteiger partial charge is 0.481 e. The molecule has 0 aromatic heterocycles. The topological polar surface area (TPSA) is 90.2 Å². The number of nitriles is 1. The average molecular weight is 240 g/mol. The molecule has 0 spiro atoms. The zero-order chi connectivity index (χ0) is 13.5. The Balaban J connectivity index is 4.25. The van der Waals surface area contributed by atoms with Gasteiger partial charge in [0.1, 0.15) is 0 Å². The molecular formula is C12H20N2O3. The quantitative estimate of drug-likeness (QED) is 0.708. The number of aliphatic carboxylic acids is 1. The van der Waals surface area contributed by atoms with Crippen LogP contribution in [0.25, 0.3) is 0 Å². The van der Waals surface area contributed by atoms with Gasteiger partial charge >= 0.3 is 5.97 Å². The Morgan fingerprint density at radius 1 is 1.41 bits per heavy atom. The van der Waals surface area contributed by atoms with Crippen LogP contribution >= 0.6 is 0 Å². The van der Waals surface area contributed by atoms with Crippen molar-refractivity contribution < 1.29 is 14.7 Å². The minimum Gasteiger partial charge on any atom is -0.481 e. The highest BCUT2D eigenvalue weighted by atomic mass is 16.4. The molecule has 2 N–H and O–H groups in total. The van der Waals surface area contributed by atoms with E-state index in [1.165, 1.54) is 0 Å². The molecule has 0 aromatic carbocycles. The summed E-state index contributed by atoms with van der Waals surface area (Å²) < 4.78 is 0. The van der Waals surface area contributed by atoms with E-state index in [9.17, 15) is 9.59 Å². The summed E-state index contributed by atoms with van der Waals surface area (Å²) in [5.41, 5.74) is -0.569. The molecule has 0 heterocycles. The Hall–Kier alpha value is -1.57. The van der Waals surface area contributed by atoms with E-state index in [2.05, 4.69) is 5.32 Å². The van der Waals surface area contributed by atoms with Crippen molar-refractivity contribution in [2.24, 2.45) is 5.41 Å². The monoisotopic (exact) mass is 240 g/mol. The first kappa shape index (κ1) is 15.4. The van der Waals surface area contributed by atoms with Crippen molar-refractivity contribution in [1.29, 1.82) is 5.26 Å². The van der Waals surface area contributed by atoms with Crippen LogP contribution in [0.15, 0.2) is 0 Å². The van der Waals surface area contributed by atoms with Gasteiger partial charge in [0.2, 0.25) is 5.91 Å². The molecule has 0 rings (SSSR count). The van der Waals surface area contributed by atoms with Crippen LogP contribution in [-0.4, -0.2) is 23.0 Å². The third kappa shape index (κ3) is 7.34. The zero-order valence-corrected chi connectivity index (χ0v) is 10.6. The molecule has 0 saturated heterocycles. The van der Waals surface area contributed by atoms with Crippen LogP contribution in [0.4, 0.5) is 0 Å². The molecule has 0 saturated carbocycles. The molecule has 96 valence electrons. The third-order valence-electron chi connectivity index (χ3n) is 2.46. The predicted molar refractivity (Wildman–Crippen MR) is 63.1 cm³/mol. The van der Waals surface area contributed by atoms with E-state index in [-0.39, 0.29) is 31.2 Å². The molecule has 17 heavy (non-hydrogen) atoms. The van der Waals surface area contributed by atoms with Crippen molar-refractivity contribution in [3.63, 3.8) is 0 Å². The van der Waals surface area contributed by atoms with E-state index in [0.29, 0.717) is 6.42 Å². The summed E-state index contributed by atoms with van der Waals surface area (Å²) in [5, 5.41) is 20.0. The summed E-state index contributed by atoms with van der Waals surface area (Å²) in [6.45, 7) is 5.38. The highest BCUT2D eigenvalue weighted by Gasteiger charge is 2.25. The number of amides is 1. The van der Waals surface area contributed by atoms with Crippen molar-refractivity contribution in [1.82, 2.24) is 5.32 Å². The Bertz CT molecular complexity index is 318. The first-order chi connectivity index (χ1) is 7.80. The third-order valence-corrected chi connectivity index (χ3v) is 2.46. The molecule has 1 amide bonds. The number of hydrogen-bond donors (Lipinski definition) is 2. The lowest BCUT2D eigenvalue weighted by Gasteiger charge is -2.23. The summed E-state index contributed by atoms with van der Waals surface area (Å²) in [6, 6.07) is 1.87. The van der Waals surface area contributed by atoms with Gasteiger partial charge in [0.15, 0.2) is 0 Å². The normalized spacial score (nSPS) is 12.6. The number of carbonyl (C=O) groups excluding carboxylic acids is 1. The fraction of sp³-hybridized carbons (Fsp3) is 0.750. The average Bonchev–Trinajstić information content (AvgIpc) is 2.13. The van der Waals surface area contributed by atoms with E-state index >= 15 is 0 Å². The number of hydrogen-bond acceptors (Lipinski definition) is 3. The van der Waals surface area contributed by atoms with Crippen molar-refractivity contribution >= 4 is 11.9 Å². The number of carboxylic acids is 1. The van der Waals surface area contributed by atoms with Crippen LogP contribution in [0.5, 0.6) is 0 Å². The van der Waals surface area contributed by atoms with Crippen molar-refractivity contribution in [3.05, 3.63) is 0 Å². The fourth-order valence-corrected chi connectivity index (χ4v) is 1.59. The maximum absolute atomic E-state index is 11.7. The van der Waals surface area contributed by atoms with Gasteiger partial charge in [0.05, 0.1) is 18.9 Å². The Labute approximate surface area is 102 Å². The number of carbonyl (C=O) groups is 2. The van der Waals surface area contributed by atoms with Gasteiger partial charge in [-0.1, -0.05) is 20.8 Å². The highest BCUT2D eigenvalue weighted by Crippen LogP contribution is 2.24. The Morgan fingerprint density at radius 2 is 2.00 bits per heavy atom. The summed E-state index contributed by atoms with van der Waals surface area (Å²) in [7, 11) is 0. The van der Waals surface area contributed by atoms with Gasteiger partial charge in [-0.05, 0) is 11.8 Å². The molecule has 0 aromatic rings. The lowest BCUT2D eigenvalue weighted by Crippen LogP contribution is -2.37. The molecule has 1 unspecified atom stereocenters. The maximum Gasteiger partial charge on any atom is 0.303 e. The first-order valence-electron chi connectivity index (χ1n) is 5.69. The molecule has 0 aliphatic heterocycles. The first-order valence-corrected chi connectivity index (χ1v) is 5.69. The lowest BCUT2D eigenvalue weighted by molar-refractivity contribution is -0.139. The summed E-state index contributed by atoms with van der Waals surface area (Å²) in [5.74, 6) is -1.11.